The lowest BCUT2D eigenvalue weighted by Crippen LogP contribution is -2.61. The molecular formula is C46H68Cl2N2O6. The molecule has 56 heavy (non-hydrogen) atoms. The van der Waals surface area contributed by atoms with E-state index in [1.54, 1.807) is 19.9 Å². The van der Waals surface area contributed by atoms with E-state index in [0.717, 1.165) is 75.6 Å². The Kier molecular flexibility index (Phi) is 12.6. The van der Waals surface area contributed by atoms with E-state index in [0.29, 0.717) is 47.3 Å². The number of allylic oxidation sites excluding steroid dienone is 1. The molecule has 312 valence electrons. The Labute approximate surface area is 346 Å². The van der Waals surface area contributed by atoms with Crippen molar-refractivity contribution in [3.63, 3.8) is 0 Å². The van der Waals surface area contributed by atoms with Gasteiger partial charge in [0.15, 0.2) is 5.78 Å². The van der Waals surface area contributed by atoms with E-state index in [1.165, 1.54) is 5.57 Å². The molecule has 4 saturated carbocycles. The van der Waals surface area contributed by atoms with Crippen LogP contribution in [0.2, 0.25) is 10.0 Å². The van der Waals surface area contributed by atoms with Crippen LogP contribution in [-0.2, 0) is 25.7 Å². The highest BCUT2D eigenvalue weighted by Crippen LogP contribution is 2.72. The van der Waals surface area contributed by atoms with Crippen molar-refractivity contribution in [3.8, 4) is 0 Å². The summed E-state index contributed by atoms with van der Waals surface area (Å²) < 4.78 is 6.07. The number of benzene rings is 1. The van der Waals surface area contributed by atoms with Gasteiger partial charge in [-0.3, -0.25) is 19.3 Å². The number of halogens is 2. The molecule has 0 aliphatic heterocycles. The number of hydrogen-bond acceptors (Lipinski definition) is 7. The lowest BCUT2D eigenvalue weighted by molar-refractivity contribution is -0.193. The number of ether oxygens (including phenoxy) is 1. The maximum Gasteiger partial charge on any atom is 0.309 e. The first-order chi connectivity index (χ1) is 26.1. The second kappa shape index (κ2) is 16.2. The third kappa shape index (κ3) is 7.89. The highest BCUT2D eigenvalue weighted by Gasteiger charge is 2.66. The molecule has 10 atom stereocenters. The summed E-state index contributed by atoms with van der Waals surface area (Å²) in [6, 6.07) is 5.62. The van der Waals surface area contributed by atoms with Crippen molar-refractivity contribution in [2.75, 3.05) is 33.7 Å². The van der Waals surface area contributed by atoms with Crippen LogP contribution in [0.4, 0.5) is 0 Å². The standard InChI is InChI=1S/C46H68Cl2N2O6/c1-27(2)40-35(51)23-46(38(52)26-50(21-20-49(8)9)25-29-10-11-30(47)22-34(29)48)19-15-33-31(41(40)46)12-13-37-44(6)18-16-36(28(3)32(44)14-17-45(33,37)7)56-39(53)24-43(4,5)42(54)55/h10-11,22,27-28,31-33,36-38,52H,12-21,23-26H2,1-9H3,(H,54,55). The van der Waals surface area contributed by atoms with Crippen LogP contribution >= 0.6 is 23.2 Å². The SMILES string of the molecule is CC(C)C1=C2C3CCC4C(C)(CCC5C(C)C(OC(=O)CC(C)(C)C(=O)O)CCC54C)C3CCC2(C(O)CN(CCN(C)C)Cc2ccc(Cl)cc2Cl)CC1=O. The first-order valence-corrected chi connectivity index (χ1v) is 22.1. The predicted octanol–water partition coefficient (Wildman–Crippen LogP) is 9.33. The molecular weight excluding hydrogens is 747 g/mol. The number of esters is 1. The summed E-state index contributed by atoms with van der Waals surface area (Å²) in [5, 5.41) is 23.4. The molecule has 0 bridgehead atoms. The molecule has 4 fully saturated rings. The number of Topliss-reactive ketones (excluding diaryl/α,β-unsaturated/α-hetero) is 1. The summed E-state index contributed by atoms with van der Waals surface area (Å²) in [5.74, 6) is 0.769. The number of carboxylic acid groups (broad SMARTS) is 1. The minimum Gasteiger partial charge on any atom is -0.481 e. The van der Waals surface area contributed by atoms with Crippen LogP contribution in [0.5, 0.6) is 0 Å². The zero-order chi connectivity index (χ0) is 41.1. The van der Waals surface area contributed by atoms with Crippen LogP contribution in [0.1, 0.15) is 118 Å². The number of carbonyl (C=O) groups is 3. The maximum absolute atomic E-state index is 14.2. The van der Waals surface area contributed by atoms with Gasteiger partial charge in [-0.2, -0.15) is 0 Å². The number of carboxylic acids is 1. The van der Waals surface area contributed by atoms with Gasteiger partial charge in [-0.15, -0.1) is 0 Å². The highest BCUT2D eigenvalue weighted by molar-refractivity contribution is 6.35. The second-order valence-corrected chi connectivity index (χ2v) is 21.2. The minimum absolute atomic E-state index is 0.0988. The zero-order valence-corrected chi connectivity index (χ0v) is 36.9. The molecule has 0 saturated heterocycles. The van der Waals surface area contributed by atoms with E-state index in [2.05, 4.69) is 58.5 Å². The lowest BCUT2D eigenvalue weighted by Gasteiger charge is -2.67. The van der Waals surface area contributed by atoms with Crippen molar-refractivity contribution in [3.05, 3.63) is 45.0 Å². The summed E-state index contributed by atoms with van der Waals surface area (Å²) in [4.78, 5) is 43.4. The number of hydrogen-bond donors (Lipinski definition) is 2. The number of aliphatic carboxylic acids is 1. The Morgan fingerprint density at radius 1 is 0.982 bits per heavy atom. The molecule has 1 aromatic carbocycles. The predicted molar refractivity (Wildman–Crippen MR) is 222 cm³/mol. The average molecular weight is 816 g/mol. The number of fused-ring (bicyclic) bond motifs is 7. The lowest BCUT2D eigenvalue weighted by atomic mass is 9.38. The highest BCUT2D eigenvalue weighted by atomic mass is 35.5. The summed E-state index contributed by atoms with van der Waals surface area (Å²) in [6.45, 7) is 17.4. The van der Waals surface area contributed by atoms with Crippen LogP contribution in [0.25, 0.3) is 0 Å². The molecule has 5 aliphatic rings. The number of nitrogens with zero attached hydrogens (tertiary/aromatic N) is 2. The van der Waals surface area contributed by atoms with Crippen molar-refractivity contribution in [1.29, 1.82) is 0 Å². The summed E-state index contributed by atoms with van der Waals surface area (Å²) in [6.07, 6.45) is 7.28. The summed E-state index contributed by atoms with van der Waals surface area (Å²) >= 11 is 12.9. The Bertz CT molecular complexity index is 1710. The molecule has 10 unspecified atom stereocenters. The molecule has 8 nitrogen and oxygen atoms in total. The minimum atomic E-state index is -1.16. The third-order valence-electron chi connectivity index (χ3n) is 16.0. The van der Waals surface area contributed by atoms with Crippen molar-refractivity contribution in [2.45, 2.75) is 131 Å². The molecule has 5 aliphatic carbocycles. The molecule has 0 aromatic heterocycles. The van der Waals surface area contributed by atoms with E-state index < -0.39 is 28.9 Å². The van der Waals surface area contributed by atoms with Crippen LogP contribution < -0.4 is 0 Å². The van der Waals surface area contributed by atoms with E-state index in [-0.39, 0.29) is 46.9 Å². The smallest absolute Gasteiger partial charge is 0.309 e. The fourth-order valence-corrected chi connectivity index (χ4v) is 13.5. The Hall–Kier alpha value is -1.97. The number of carbonyl (C=O) groups excluding carboxylic acids is 2. The Morgan fingerprint density at radius 2 is 1.64 bits per heavy atom. The molecule has 2 N–H and O–H groups in total. The van der Waals surface area contributed by atoms with Gasteiger partial charge in [0, 0.05) is 48.1 Å². The first kappa shape index (κ1) is 43.6. The Balaban J connectivity index is 1.25. The van der Waals surface area contributed by atoms with Gasteiger partial charge in [0.2, 0.25) is 0 Å². The van der Waals surface area contributed by atoms with Gasteiger partial charge < -0.3 is 19.8 Å². The molecule has 0 radical (unpaired) electrons. The van der Waals surface area contributed by atoms with Crippen LogP contribution in [0.15, 0.2) is 29.3 Å². The fourth-order valence-electron chi connectivity index (χ4n) is 13.1. The molecule has 0 amide bonds. The zero-order valence-electron chi connectivity index (χ0n) is 35.4. The molecule has 0 heterocycles. The summed E-state index contributed by atoms with van der Waals surface area (Å²) in [7, 11) is 4.12. The van der Waals surface area contributed by atoms with Gasteiger partial charge in [-0.25, -0.2) is 0 Å². The average Bonchev–Trinajstić information content (AvgIpc) is 3.42. The largest absolute Gasteiger partial charge is 0.481 e. The van der Waals surface area contributed by atoms with Crippen LogP contribution in [0, 0.1) is 57.2 Å². The number of aliphatic hydroxyl groups excluding tert-OH is 1. The van der Waals surface area contributed by atoms with Gasteiger partial charge in [0.05, 0.1) is 17.9 Å². The molecule has 6 rings (SSSR count). The first-order valence-electron chi connectivity index (χ1n) is 21.3. The van der Waals surface area contributed by atoms with Crippen molar-refractivity contribution in [2.24, 2.45) is 57.2 Å². The van der Waals surface area contributed by atoms with Gasteiger partial charge >= 0.3 is 11.9 Å². The maximum atomic E-state index is 14.2. The van der Waals surface area contributed by atoms with Crippen molar-refractivity contribution >= 4 is 40.9 Å². The van der Waals surface area contributed by atoms with Gasteiger partial charge in [0.1, 0.15) is 6.10 Å². The topological polar surface area (TPSA) is 107 Å². The van der Waals surface area contributed by atoms with Crippen molar-refractivity contribution < 1.29 is 29.3 Å². The molecule has 10 heteroatoms. The van der Waals surface area contributed by atoms with Crippen LogP contribution in [-0.4, -0.2) is 83.7 Å². The van der Waals surface area contributed by atoms with E-state index >= 15 is 0 Å². The normalized spacial score (nSPS) is 34.9. The van der Waals surface area contributed by atoms with Gasteiger partial charge in [0.25, 0.3) is 0 Å². The fraction of sp³-hybridized carbons (Fsp3) is 0.761. The third-order valence-corrected chi connectivity index (χ3v) is 16.6. The van der Waals surface area contributed by atoms with Gasteiger partial charge in [-0.05, 0) is 149 Å². The van der Waals surface area contributed by atoms with Gasteiger partial charge in [-0.1, -0.05) is 69.5 Å². The quantitative estimate of drug-likeness (QED) is 0.190. The monoisotopic (exact) mass is 814 g/mol. The van der Waals surface area contributed by atoms with Crippen LogP contribution in [0.3, 0.4) is 0 Å². The molecule has 0 spiro atoms. The second-order valence-electron chi connectivity index (χ2n) is 20.4. The number of likely N-dealkylation sites (N-methyl/N-ethyl adjacent to an activating group) is 1. The molecule has 1 aromatic rings. The van der Waals surface area contributed by atoms with E-state index in [9.17, 15) is 24.6 Å². The number of ketones is 1. The van der Waals surface area contributed by atoms with E-state index in [4.69, 9.17) is 27.9 Å². The van der Waals surface area contributed by atoms with E-state index in [1.807, 2.05) is 12.1 Å². The van der Waals surface area contributed by atoms with Crippen molar-refractivity contribution in [1.82, 2.24) is 9.80 Å². The summed E-state index contributed by atoms with van der Waals surface area (Å²) in [5.41, 5.74) is 1.74. The number of rotatable bonds is 13. The number of aliphatic hydroxyl groups is 1. The Morgan fingerprint density at radius 3 is 2.29 bits per heavy atom.